The third-order valence-corrected chi connectivity index (χ3v) is 6.07. The summed E-state index contributed by atoms with van der Waals surface area (Å²) in [5.74, 6) is -1.41. The first kappa shape index (κ1) is 23.5. The van der Waals surface area contributed by atoms with Gasteiger partial charge in [-0.2, -0.15) is 0 Å². The number of benzene rings is 3. The van der Waals surface area contributed by atoms with Crippen LogP contribution < -0.4 is 15.5 Å². The molecule has 1 heterocycles. The van der Waals surface area contributed by atoms with E-state index in [9.17, 15) is 14.4 Å². The maximum Gasteiger partial charge on any atom is 0.283 e. The molecule has 0 fully saturated rings. The minimum atomic E-state index is -0.586. The highest BCUT2D eigenvalue weighted by molar-refractivity contribution is 6.53. The third-order valence-electron chi connectivity index (χ3n) is 5.49. The molecular formula is C26H21Cl2N3O3. The van der Waals surface area contributed by atoms with E-state index < -0.39 is 11.8 Å². The van der Waals surface area contributed by atoms with E-state index in [0.29, 0.717) is 27.6 Å². The summed E-state index contributed by atoms with van der Waals surface area (Å²) in [4.78, 5) is 39.5. The van der Waals surface area contributed by atoms with E-state index in [1.165, 1.54) is 0 Å². The van der Waals surface area contributed by atoms with Crippen LogP contribution in [-0.4, -0.2) is 17.7 Å². The molecule has 3 amide bonds. The van der Waals surface area contributed by atoms with Crippen molar-refractivity contribution in [3.05, 3.63) is 98.7 Å². The van der Waals surface area contributed by atoms with Gasteiger partial charge in [0.05, 0.1) is 5.69 Å². The molecule has 3 aromatic carbocycles. The minimum absolute atomic E-state index is 0.0124. The molecule has 0 saturated heterocycles. The predicted octanol–water partition coefficient (Wildman–Crippen LogP) is 5.95. The van der Waals surface area contributed by atoms with Crippen LogP contribution in [0.3, 0.4) is 0 Å². The SMILES string of the molecule is Cc1ccc(C)c(N2C(=O)C(Cl)=C(Nc3ccc(C(=O)Nc4ccc(Cl)cc4C)cc3)C2=O)c1. The Balaban J connectivity index is 1.50. The van der Waals surface area contributed by atoms with Crippen LogP contribution in [0.4, 0.5) is 17.1 Å². The number of hydrogen-bond acceptors (Lipinski definition) is 4. The fraction of sp³-hybridized carbons (Fsp3) is 0.115. The first-order chi connectivity index (χ1) is 16.2. The van der Waals surface area contributed by atoms with Gasteiger partial charge in [0.1, 0.15) is 10.7 Å². The topological polar surface area (TPSA) is 78.5 Å². The molecule has 4 rings (SSSR count). The number of rotatable bonds is 5. The fourth-order valence-corrected chi connectivity index (χ4v) is 4.04. The molecule has 0 saturated carbocycles. The number of imide groups is 1. The third kappa shape index (κ3) is 4.55. The Labute approximate surface area is 207 Å². The van der Waals surface area contributed by atoms with Crippen LogP contribution in [0.15, 0.2) is 71.4 Å². The van der Waals surface area contributed by atoms with Gasteiger partial charge in [0.15, 0.2) is 0 Å². The van der Waals surface area contributed by atoms with Gasteiger partial charge in [-0.25, -0.2) is 4.90 Å². The number of halogens is 2. The lowest BCUT2D eigenvalue weighted by Crippen LogP contribution is -2.32. The van der Waals surface area contributed by atoms with E-state index >= 15 is 0 Å². The summed E-state index contributed by atoms with van der Waals surface area (Å²) in [5, 5.41) is 6.17. The Morgan fingerprint density at radius 3 is 2.21 bits per heavy atom. The number of anilines is 3. The van der Waals surface area contributed by atoms with Gasteiger partial charge >= 0.3 is 0 Å². The van der Waals surface area contributed by atoms with Crippen LogP contribution in [0, 0.1) is 20.8 Å². The summed E-state index contributed by atoms with van der Waals surface area (Å²) in [7, 11) is 0. The summed E-state index contributed by atoms with van der Waals surface area (Å²) >= 11 is 12.2. The van der Waals surface area contributed by atoms with E-state index in [0.717, 1.165) is 21.6 Å². The Bertz CT molecular complexity index is 1360. The Morgan fingerprint density at radius 1 is 0.824 bits per heavy atom. The zero-order valence-corrected chi connectivity index (χ0v) is 20.2. The molecular weight excluding hydrogens is 473 g/mol. The number of carbonyl (C=O) groups excluding carboxylic acids is 3. The summed E-state index contributed by atoms with van der Waals surface area (Å²) in [6.45, 7) is 5.56. The number of nitrogens with zero attached hydrogens (tertiary/aromatic N) is 1. The zero-order chi connectivity index (χ0) is 24.6. The van der Waals surface area contributed by atoms with Gasteiger partial charge in [-0.1, -0.05) is 35.3 Å². The summed E-state index contributed by atoms with van der Waals surface area (Å²) < 4.78 is 0. The molecule has 0 bridgehead atoms. The highest BCUT2D eigenvalue weighted by Gasteiger charge is 2.39. The summed E-state index contributed by atoms with van der Waals surface area (Å²) in [6.07, 6.45) is 0. The maximum atomic E-state index is 13.1. The van der Waals surface area contributed by atoms with E-state index in [4.69, 9.17) is 23.2 Å². The molecule has 8 heteroatoms. The summed E-state index contributed by atoms with van der Waals surface area (Å²) in [5.41, 5.74) is 4.62. The Morgan fingerprint density at radius 2 is 1.53 bits per heavy atom. The molecule has 0 aromatic heterocycles. The van der Waals surface area contributed by atoms with E-state index in [1.807, 2.05) is 32.9 Å². The molecule has 0 spiro atoms. The molecule has 0 radical (unpaired) electrons. The van der Waals surface area contributed by atoms with Crippen molar-refractivity contribution in [2.24, 2.45) is 0 Å². The van der Waals surface area contributed by atoms with Gasteiger partial charge in [0, 0.05) is 22.0 Å². The lowest BCUT2D eigenvalue weighted by Gasteiger charge is -2.18. The van der Waals surface area contributed by atoms with E-state index in [2.05, 4.69) is 10.6 Å². The van der Waals surface area contributed by atoms with Crippen molar-refractivity contribution in [1.29, 1.82) is 0 Å². The number of nitrogens with one attached hydrogen (secondary N) is 2. The van der Waals surface area contributed by atoms with Crippen molar-refractivity contribution >= 4 is 58.0 Å². The molecule has 0 aliphatic carbocycles. The van der Waals surface area contributed by atoms with E-state index in [1.54, 1.807) is 48.5 Å². The second kappa shape index (κ2) is 9.33. The van der Waals surface area contributed by atoms with Crippen molar-refractivity contribution < 1.29 is 14.4 Å². The molecule has 3 aromatic rings. The highest BCUT2D eigenvalue weighted by atomic mass is 35.5. The molecule has 172 valence electrons. The van der Waals surface area contributed by atoms with Gasteiger partial charge in [-0.3, -0.25) is 14.4 Å². The molecule has 0 atom stereocenters. The van der Waals surface area contributed by atoms with Crippen molar-refractivity contribution in [1.82, 2.24) is 0 Å². The van der Waals surface area contributed by atoms with Crippen molar-refractivity contribution in [2.45, 2.75) is 20.8 Å². The minimum Gasteiger partial charge on any atom is -0.350 e. The zero-order valence-electron chi connectivity index (χ0n) is 18.7. The quantitative estimate of drug-likeness (QED) is 0.430. The lowest BCUT2D eigenvalue weighted by molar-refractivity contribution is -0.120. The second-order valence-corrected chi connectivity index (χ2v) is 8.85. The van der Waals surface area contributed by atoms with Crippen LogP contribution >= 0.6 is 23.2 Å². The predicted molar refractivity (Wildman–Crippen MR) is 135 cm³/mol. The molecule has 1 aliphatic heterocycles. The van der Waals surface area contributed by atoms with Crippen molar-refractivity contribution in [3.8, 4) is 0 Å². The maximum absolute atomic E-state index is 13.1. The number of aryl methyl sites for hydroxylation is 3. The largest absolute Gasteiger partial charge is 0.350 e. The molecule has 0 unspecified atom stereocenters. The summed E-state index contributed by atoms with van der Waals surface area (Å²) in [6, 6.07) is 17.2. The van der Waals surface area contributed by atoms with Gasteiger partial charge in [0.25, 0.3) is 17.7 Å². The first-order valence-electron chi connectivity index (χ1n) is 10.5. The van der Waals surface area contributed by atoms with Crippen LogP contribution in [0.25, 0.3) is 0 Å². The standard InChI is InChI=1S/C26H21Cl2N3O3/c1-14-4-5-15(2)21(12-14)31-25(33)22(28)23(26(31)34)29-19-9-6-17(7-10-19)24(32)30-20-11-8-18(27)13-16(20)3/h4-13,29H,1-3H3,(H,30,32). The fourth-order valence-electron chi connectivity index (χ4n) is 3.60. The first-order valence-corrected chi connectivity index (χ1v) is 11.2. The monoisotopic (exact) mass is 493 g/mol. The molecule has 2 N–H and O–H groups in total. The van der Waals surface area contributed by atoms with E-state index in [-0.39, 0.29) is 16.6 Å². The highest BCUT2D eigenvalue weighted by Crippen LogP contribution is 2.32. The smallest absolute Gasteiger partial charge is 0.283 e. The molecule has 1 aliphatic rings. The van der Waals surface area contributed by atoms with Gasteiger partial charge in [-0.15, -0.1) is 0 Å². The second-order valence-electron chi connectivity index (χ2n) is 8.04. The molecule has 6 nitrogen and oxygen atoms in total. The van der Waals surface area contributed by atoms with Gasteiger partial charge < -0.3 is 10.6 Å². The normalized spacial score (nSPS) is 13.5. The number of carbonyl (C=O) groups is 3. The van der Waals surface area contributed by atoms with Crippen LogP contribution in [0.5, 0.6) is 0 Å². The Kier molecular flexibility index (Phi) is 6.46. The van der Waals surface area contributed by atoms with Crippen molar-refractivity contribution in [3.63, 3.8) is 0 Å². The number of hydrogen-bond donors (Lipinski definition) is 2. The van der Waals surface area contributed by atoms with Crippen LogP contribution in [0.2, 0.25) is 5.02 Å². The Hall–Kier alpha value is -3.61. The number of amides is 3. The lowest BCUT2D eigenvalue weighted by atomic mass is 10.1. The van der Waals surface area contributed by atoms with Crippen LogP contribution in [0.1, 0.15) is 27.0 Å². The van der Waals surface area contributed by atoms with Crippen LogP contribution in [-0.2, 0) is 9.59 Å². The van der Waals surface area contributed by atoms with Gasteiger partial charge in [-0.05, 0) is 86.0 Å². The van der Waals surface area contributed by atoms with Crippen molar-refractivity contribution in [2.75, 3.05) is 15.5 Å². The molecule has 34 heavy (non-hydrogen) atoms. The van der Waals surface area contributed by atoms with Gasteiger partial charge in [0.2, 0.25) is 0 Å². The average molecular weight is 494 g/mol. The average Bonchev–Trinajstić information content (AvgIpc) is 3.01.